The van der Waals surface area contributed by atoms with E-state index in [2.05, 4.69) is 10.3 Å². The molecule has 0 aliphatic rings. The van der Waals surface area contributed by atoms with Crippen molar-refractivity contribution in [1.82, 2.24) is 9.55 Å². The molecule has 5 nitrogen and oxygen atoms in total. The number of amides is 1. The lowest BCUT2D eigenvalue weighted by molar-refractivity contribution is -0.116. The number of nitrogens with one attached hydrogen (secondary N) is 1. The zero-order valence-electron chi connectivity index (χ0n) is 9.34. The molecule has 92 valence electrons. The Hall–Kier alpha value is -2.50. The van der Waals surface area contributed by atoms with Crippen LogP contribution < -0.4 is 5.32 Å². The van der Waals surface area contributed by atoms with Crippen molar-refractivity contribution in [2.24, 2.45) is 0 Å². The molecular weight excluding hydrogens is 237 g/mol. The van der Waals surface area contributed by atoms with Crippen LogP contribution >= 0.6 is 0 Å². The molecule has 1 N–H and O–H groups in total. The van der Waals surface area contributed by atoms with Crippen molar-refractivity contribution in [3.63, 3.8) is 0 Å². The van der Waals surface area contributed by atoms with Crippen molar-refractivity contribution in [3.05, 3.63) is 48.3 Å². The first kappa shape index (κ1) is 12.0. The lowest BCUT2D eigenvalue weighted by Gasteiger charge is -2.06. The van der Waals surface area contributed by atoms with Crippen molar-refractivity contribution in [2.45, 2.75) is 6.54 Å². The minimum absolute atomic E-state index is 0.0326. The van der Waals surface area contributed by atoms with E-state index in [0.29, 0.717) is 6.29 Å². The van der Waals surface area contributed by atoms with Crippen LogP contribution in [0.1, 0.15) is 10.5 Å². The molecule has 1 amide bonds. The number of carbonyl (C=O) groups is 2. The molecule has 0 atom stereocenters. The summed E-state index contributed by atoms with van der Waals surface area (Å²) in [5.74, 6) is -0.889. The average molecular weight is 247 g/mol. The molecule has 0 aliphatic heterocycles. The normalized spacial score (nSPS) is 10.1. The molecule has 2 rings (SSSR count). The summed E-state index contributed by atoms with van der Waals surface area (Å²) in [5, 5.41) is 2.44. The van der Waals surface area contributed by atoms with Crippen LogP contribution in [0.3, 0.4) is 0 Å². The SMILES string of the molecule is O=Cc1cn(CC(=O)Nc2ccccc2F)cn1. The number of hydrogen-bond donors (Lipinski definition) is 1. The maximum atomic E-state index is 13.3. The van der Waals surface area contributed by atoms with Crippen molar-refractivity contribution in [2.75, 3.05) is 5.32 Å². The van der Waals surface area contributed by atoms with E-state index in [0.717, 1.165) is 0 Å². The Morgan fingerprint density at radius 1 is 1.44 bits per heavy atom. The highest BCUT2D eigenvalue weighted by atomic mass is 19.1. The van der Waals surface area contributed by atoms with Gasteiger partial charge < -0.3 is 9.88 Å². The number of halogens is 1. The number of benzene rings is 1. The molecular formula is C12H10FN3O2. The smallest absolute Gasteiger partial charge is 0.244 e. The highest BCUT2D eigenvalue weighted by molar-refractivity contribution is 5.90. The minimum atomic E-state index is -0.495. The van der Waals surface area contributed by atoms with Crippen LogP contribution in [0.5, 0.6) is 0 Å². The highest BCUT2D eigenvalue weighted by Crippen LogP contribution is 2.12. The van der Waals surface area contributed by atoms with Gasteiger partial charge >= 0.3 is 0 Å². The zero-order chi connectivity index (χ0) is 13.0. The molecule has 6 heteroatoms. The molecule has 0 unspecified atom stereocenters. The van der Waals surface area contributed by atoms with Crippen molar-refractivity contribution < 1.29 is 14.0 Å². The van der Waals surface area contributed by atoms with Gasteiger partial charge in [-0.2, -0.15) is 0 Å². The van der Waals surface area contributed by atoms with Gasteiger partial charge in [0.05, 0.1) is 12.0 Å². The number of imidazole rings is 1. The van der Waals surface area contributed by atoms with E-state index in [1.807, 2.05) is 0 Å². The third-order valence-electron chi connectivity index (χ3n) is 2.25. The first-order chi connectivity index (χ1) is 8.69. The van der Waals surface area contributed by atoms with Gasteiger partial charge in [0, 0.05) is 6.20 Å². The number of aldehydes is 1. The Kier molecular flexibility index (Phi) is 3.47. The summed E-state index contributed by atoms with van der Waals surface area (Å²) >= 11 is 0. The van der Waals surface area contributed by atoms with Gasteiger partial charge in [0.1, 0.15) is 18.1 Å². The Morgan fingerprint density at radius 3 is 2.89 bits per heavy atom. The summed E-state index contributed by atoms with van der Waals surface area (Å²) < 4.78 is 14.7. The molecule has 0 fully saturated rings. The van der Waals surface area contributed by atoms with Crippen LogP contribution in [-0.4, -0.2) is 21.7 Å². The standard InChI is InChI=1S/C12H10FN3O2/c13-10-3-1-2-4-11(10)15-12(18)6-16-5-9(7-17)14-8-16/h1-5,7-8H,6H2,(H,15,18). The summed E-state index contributed by atoms with van der Waals surface area (Å²) in [6, 6.07) is 5.90. The minimum Gasteiger partial charge on any atom is -0.327 e. The largest absolute Gasteiger partial charge is 0.327 e. The first-order valence-electron chi connectivity index (χ1n) is 5.20. The molecule has 0 radical (unpaired) electrons. The lowest BCUT2D eigenvalue weighted by Crippen LogP contribution is -2.18. The van der Waals surface area contributed by atoms with Crippen LogP contribution in [0, 0.1) is 5.82 Å². The third kappa shape index (κ3) is 2.79. The second kappa shape index (κ2) is 5.22. The van der Waals surface area contributed by atoms with E-state index in [1.165, 1.54) is 35.3 Å². The Labute approximate surface area is 102 Å². The van der Waals surface area contributed by atoms with E-state index >= 15 is 0 Å². The molecule has 2 aromatic rings. The molecule has 0 saturated heterocycles. The fourth-order valence-electron chi connectivity index (χ4n) is 1.44. The van der Waals surface area contributed by atoms with Gasteiger partial charge in [-0.1, -0.05) is 12.1 Å². The van der Waals surface area contributed by atoms with E-state index in [9.17, 15) is 14.0 Å². The molecule has 18 heavy (non-hydrogen) atoms. The van der Waals surface area contributed by atoms with Crippen LogP contribution in [0.25, 0.3) is 0 Å². The number of anilines is 1. The van der Waals surface area contributed by atoms with E-state index in [4.69, 9.17) is 0 Å². The Balaban J connectivity index is 2.01. The highest BCUT2D eigenvalue weighted by Gasteiger charge is 2.07. The van der Waals surface area contributed by atoms with Crippen molar-refractivity contribution in [1.29, 1.82) is 0 Å². The fraction of sp³-hybridized carbons (Fsp3) is 0.0833. The fourth-order valence-corrected chi connectivity index (χ4v) is 1.44. The second-order valence-corrected chi connectivity index (χ2v) is 3.62. The van der Waals surface area contributed by atoms with Gasteiger partial charge in [0.15, 0.2) is 6.29 Å². The molecule has 0 spiro atoms. The lowest BCUT2D eigenvalue weighted by atomic mass is 10.3. The number of aromatic nitrogens is 2. The number of carbonyl (C=O) groups excluding carboxylic acids is 2. The average Bonchev–Trinajstić information content (AvgIpc) is 2.80. The van der Waals surface area contributed by atoms with E-state index in [1.54, 1.807) is 6.07 Å². The van der Waals surface area contributed by atoms with Gasteiger partial charge in [0.25, 0.3) is 0 Å². The van der Waals surface area contributed by atoms with Gasteiger partial charge in [-0.15, -0.1) is 0 Å². The summed E-state index contributed by atoms with van der Waals surface area (Å²) in [6.07, 6.45) is 3.39. The quantitative estimate of drug-likeness (QED) is 0.832. The predicted octanol–water partition coefficient (Wildman–Crippen LogP) is 1.47. The zero-order valence-corrected chi connectivity index (χ0v) is 9.34. The molecule has 0 aliphatic carbocycles. The van der Waals surface area contributed by atoms with Crippen LogP contribution in [-0.2, 0) is 11.3 Å². The van der Waals surface area contributed by atoms with Crippen LogP contribution in [0.2, 0.25) is 0 Å². The number of rotatable bonds is 4. The van der Waals surface area contributed by atoms with Crippen LogP contribution in [0.4, 0.5) is 10.1 Å². The molecule has 0 saturated carbocycles. The number of para-hydroxylation sites is 1. The summed E-state index contributed by atoms with van der Waals surface area (Å²) in [5.41, 5.74) is 0.368. The van der Waals surface area contributed by atoms with Crippen molar-refractivity contribution in [3.8, 4) is 0 Å². The van der Waals surface area contributed by atoms with Gasteiger partial charge in [-0.05, 0) is 12.1 Å². The Bertz CT molecular complexity index is 580. The first-order valence-corrected chi connectivity index (χ1v) is 5.20. The molecule has 1 aromatic heterocycles. The molecule has 0 bridgehead atoms. The summed E-state index contributed by atoms with van der Waals surface area (Å²) in [6.45, 7) is -0.0326. The van der Waals surface area contributed by atoms with E-state index in [-0.39, 0.29) is 17.9 Å². The maximum absolute atomic E-state index is 13.3. The molecule has 1 aromatic carbocycles. The molecule has 1 heterocycles. The van der Waals surface area contributed by atoms with Gasteiger partial charge in [-0.3, -0.25) is 9.59 Å². The number of hydrogen-bond acceptors (Lipinski definition) is 3. The third-order valence-corrected chi connectivity index (χ3v) is 2.25. The van der Waals surface area contributed by atoms with Gasteiger partial charge in [0.2, 0.25) is 5.91 Å². The topological polar surface area (TPSA) is 64.0 Å². The van der Waals surface area contributed by atoms with Gasteiger partial charge in [-0.25, -0.2) is 9.37 Å². The van der Waals surface area contributed by atoms with E-state index < -0.39 is 11.7 Å². The van der Waals surface area contributed by atoms with Crippen LogP contribution in [0.15, 0.2) is 36.8 Å². The summed E-state index contributed by atoms with van der Waals surface area (Å²) in [4.78, 5) is 25.8. The summed E-state index contributed by atoms with van der Waals surface area (Å²) in [7, 11) is 0. The Morgan fingerprint density at radius 2 is 2.22 bits per heavy atom. The number of nitrogens with zero attached hydrogens (tertiary/aromatic N) is 2. The maximum Gasteiger partial charge on any atom is 0.244 e. The monoisotopic (exact) mass is 247 g/mol. The predicted molar refractivity (Wildman–Crippen MR) is 62.6 cm³/mol. The second-order valence-electron chi connectivity index (χ2n) is 3.62. The van der Waals surface area contributed by atoms with Crippen molar-refractivity contribution >= 4 is 17.9 Å².